The van der Waals surface area contributed by atoms with Gasteiger partial charge in [0.15, 0.2) is 5.96 Å². The lowest BCUT2D eigenvalue weighted by Gasteiger charge is -2.13. The van der Waals surface area contributed by atoms with Crippen LogP contribution in [0.5, 0.6) is 0 Å². The minimum atomic E-state index is -2.97. The zero-order valence-electron chi connectivity index (χ0n) is 14.8. The fraction of sp³-hybridized carbons (Fsp3) is 0.588. The maximum atomic E-state index is 11.1. The van der Waals surface area contributed by atoms with Gasteiger partial charge < -0.3 is 15.4 Å². The molecule has 0 aliphatic carbocycles. The third-order valence-corrected chi connectivity index (χ3v) is 4.26. The molecule has 7 heteroatoms. The molecule has 0 spiro atoms. The molecule has 0 fully saturated rings. The van der Waals surface area contributed by atoms with Gasteiger partial charge in [-0.25, -0.2) is 8.42 Å². The highest BCUT2D eigenvalue weighted by Gasteiger charge is 2.05. The smallest absolute Gasteiger partial charge is 0.191 e. The standard InChI is InChI=1S/C17H29N3O3S/c1-4-18-17(20-12-14-24(3,21)22)19-11-8-13-23-15(2)16-9-6-5-7-10-16/h5-7,9-10,15H,4,8,11-14H2,1-3H3,(H2,18,19,20). The number of nitrogens with one attached hydrogen (secondary N) is 2. The van der Waals surface area contributed by atoms with Crippen molar-refractivity contribution in [3.05, 3.63) is 35.9 Å². The summed E-state index contributed by atoms with van der Waals surface area (Å²) >= 11 is 0. The van der Waals surface area contributed by atoms with Crippen LogP contribution in [0.3, 0.4) is 0 Å². The van der Waals surface area contributed by atoms with Crippen LogP contribution in [0.15, 0.2) is 35.3 Å². The monoisotopic (exact) mass is 355 g/mol. The molecule has 1 aromatic rings. The highest BCUT2D eigenvalue weighted by Crippen LogP contribution is 2.15. The molecule has 0 bridgehead atoms. The van der Waals surface area contributed by atoms with Gasteiger partial charge >= 0.3 is 0 Å². The first-order chi connectivity index (χ1) is 11.4. The van der Waals surface area contributed by atoms with E-state index in [-0.39, 0.29) is 11.9 Å². The van der Waals surface area contributed by atoms with Crippen LogP contribution >= 0.6 is 0 Å². The van der Waals surface area contributed by atoms with E-state index < -0.39 is 9.84 Å². The molecule has 0 saturated heterocycles. The Hall–Kier alpha value is -1.60. The summed E-state index contributed by atoms with van der Waals surface area (Å²) in [4.78, 5) is 4.42. The van der Waals surface area contributed by atoms with Crippen LogP contribution in [-0.4, -0.2) is 52.6 Å². The van der Waals surface area contributed by atoms with Crippen LogP contribution < -0.4 is 10.6 Å². The Morgan fingerprint density at radius 1 is 1.25 bits per heavy atom. The summed E-state index contributed by atoms with van der Waals surface area (Å²) in [5.41, 5.74) is 1.16. The quantitative estimate of drug-likeness (QED) is 0.380. The van der Waals surface area contributed by atoms with Gasteiger partial charge in [0.05, 0.1) is 11.9 Å². The van der Waals surface area contributed by atoms with Gasteiger partial charge in [0.1, 0.15) is 9.84 Å². The van der Waals surface area contributed by atoms with Crippen LogP contribution in [0.2, 0.25) is 0 Å². The molecule has 1 atom stereocenters. The van der Waals surface area contributed by atoms with Crippen LogP contribution in [0.4, 0.5) is 0 Å². The highest BCUT2D eigenvalue weighted by molar-refractivity contribution is 7.90. The molecule has 136 valence electrons. The average molecular weight is 356 g/mol. The fourth-order valence-corrected chi connectivity index (χ4v) is 2.51. The van der Waals surface area contributed by atoms with Crippen molar-refractivity contribution in [1.82, 2.24) is 10.6 Å². The predicted molar refractivity (Wildman–Crippen MR) is 99.1 cm³/mol. The number of hydrogen-bond acceptors (Lipinski definition) is 4. The lowest BCUT2D eigenvalue weighted by molar-refractivity contribution is 0.0652. The van der Waals surface area contributed by atoms with Crippen molar-refractivity contribution in [2.45, 2.75) is 26.4 Å². The Balaban J connectivity index is 2.28. The van der Waals surface area contributed by atoms with Crippen LogP contribution in [0.1, 0.15) is 31.9 Å². The van der Waals surface area contributed by atoms with E-state index in [9.17, 15) is 8.42 Å². The first-order valence-electron chi connectivity index (χ1n) is 8.29. The summed E-state index contributed by atoms with van der Waals surface area (Å²) in [6, 6.07) is 10.1. The number of sulfone groups is 1. The van der Waals surface area contributed by atoms with Crippen molar-refractivity contribution in [3.63, 3.8) is 0 Å². The lowest BCUT2D eigenvalue weighted by Crippen LogP contribution is -2.39. The van der Waals surface area contributed by atoms with Gasteiger partial charge in [-0.2, -0.15) is 0 Å². The van der Waals surface area contributed by atoms with E-state index in [0.29, 0.717) is 25.7 Å². The Kier molecular flexibility index (Phi) is 9.41. The predicted octanol–water partition coefficient (Wildman–Crippen LogP) is 1.75. The summed E-state index contributed by atoms with van der Waals surface area (Å²) in [5.74, 6) is 0.729. The molecule has 0 aliphatic heterocycles. The van der Waals surface area contributed by atoms with Crippen molar-refractivity contribution >= 4 is 15.8 Å². The number of aliphatic imine (C=N–C) groups is 1. The second kappa shape index (κ2) is 11.0. The van der Waals surface area contributed by atoms with E-state index in [4.69, 9.17) is 4.74 Å². The number of ether oxygens (including phenoxy) is 1. The van der Waals surface area contributed by atoms with Crippen molar-refractivity contribution in [2.24, 2.45) is 4.99 Å². The zero-order valence-corrected chi connectivity index (χ0v) is 15.6. The topological polar surface area (TPSA) is 79.8 Å². The minimum absolute atomic E-state index is 0.0660. The van der Waals surface area contributed by atoms with Crippen molar-refractivity contribution < 1.29 is 13.2 Å². The average Bonchev–Trinajstić information content (AvgIpc) is 2.54. The largest absolute Gasteiger partial charge is 0.374 e. The molecular formula is C17H29N3O3S. The summed E-state index contributed by atoms with van der Waals surface area (Å²) in [7, 11) is -2.97. The molecule has 0 heterocycles. The van der Waals surface area contributed by atoms with E-state index >= 15 is 0 Å². The van der Waals surface area contributed by atoms with Gasteiger partial charge in [-0.1, -0.05) is 30.3 Å². The summed E-state index contributed by atoms with van der Waals surface area (Å²) in [6.45, 7) is 6.34. The Morgan fingerprint density at radius 3 is 2.58 bits per heavy atom. The number of hydrogen-bond donors (Lipinski definition) is 2. The lowest BCUT2D eigenvalue weighted by atomic mass is 10.1. The van der Waals surface area contributed by atoms with Gasteiger partial charge in [0.25, 0.3) is 0 Å². The normalized spacial score (nSPS) is 13.5. The molecule has 24 heavy (non-hydrogen) atoms. The van der Waals surface area contributed by atoms with Crippen LogP contribution in [0, 0.1) is 0 Å². The second-order valence-electron chi connectivity index (χ2n) is 5.59. The van der Waals surface area contributed by atoms with E-state index in [1.165, 1.54) is 6.26 Å². The first-order valence-corrected chi connectivity index (χ1v) is 10.3. The maximum Gasteiger partial charge on any atom is 0.191 e. The summed E-state index contributed by atoms with van der Waals surface area (Å²) in [6.07, 6.45) is 2.10. The number of rotatable bonds is 10. The second-order valence-corrected chi connectivity index (χ2v) is 7.85. The van der Waals surface area contributed by atoms with Crippen LogP contribution in [-0.2, 0) is 14.6 Å². The van der Waals surface area contributed by atoms with E-state index in [2.05, 4.69) is 27.8 Å². The van der Waals surface area contributed by atoms with Crippen molar-refractivity contribution in [3.8, 4) is 0 Å². The van der Waals surface area contributed by atoms with Crippen molar-refractivity contribution in [1.29, 1.82) is 0 Å². The molecule has 0 amide bonds. The maximum absolute atomic E-state index is 11.1. The highest BCUT2D eigenvalue weighted by atomic mass is 32.2. The number of guanidine groups is 1. The van der Waals surface area contributed by atoms with Gasteiger partial charge in [-0.15, -0.1) is 0 Å². The molecule has 0 saturated carbocycles. The molecule has 1 aromatic carbocycles. The van der Waals surface area contributed by atoms with Gasteiger partial charge in [-0.3, -0.25) is 4.99 Å². The molecular weight excluding hydrogens is 326 g/mol. The summed E-state index contributed by atoms with van der Waals surface area (Å²) < 4.78 is 28.1. The molecule has 0 radical (unpaired) electrons. The van der Waals surface area contributed by atoms with Gasteiger partial charge in [0.2, 0.25) is 0 Å². The van der Waals surface area contributed by atoms with E-state index in [1.807, 2.05) is 32.0 Å². The molecule has 1 rings (SSSR count). The Labute approximate surface area is 145 Å². The Bertz CT molecular complexity index is 588. The molecule has 6 nitrogen and oxygen atoms in total. The molecule has 0 aromatic heterocycles. The van der Waals surface area contributed by atoms with Gasteiger partial charge in [0, 0.05) is 32.5 Å². The van der Waals surface area contributed by atoms with Crippen LogP contribution in [0.25, 0.3) is 0 Å². The third kappa shape index (κ3) is 9.52. The molecule has 1 unspecified atom stereocenters. The zero-order chi connectivity index (χ0) is 17.8. The first kappa shape index (κ1) is 20.4. The van der Waals surface area contributed by atoms with E-state index in [1.54, 1.807) is 0 Å². The van der Waals surface area contributed by atoms with Crippen molar-refractivity contribution in [2.75, 3.05) is 38.2 Å². The SMILES string of the molecule is CCNC(=NCCCOC(C)c1ccccc1)NCCS(C)(=O)=O. The minimum Gasteiger partial charge on any atom is -0.374 e. The van der Waals surface area contributed by atoms with Gasteiger partial charge in [-0.05, 0) is 25.8 Å². The van der Waals surface area contributed by atoms with E-state index in [0.717, 1.165) is 18.5 Å². The number of nitrogens with zero attached hydrogens (tertiary/aromatic N) is 1. The summed E-state index contributed by atoms with van der Waals surface area (Å²) in [5, 5.41) is 6.12. The Morgan fingerprint density at radius 2 is 1.96 bits per heavy atom. The molecule has 2 N–H and O–H groups in total. The molecule has 0 aliphatic rings. The fourth-order valence-electron chi connectivity index (χ4n) is 2.03. The third-order valence-electron chi connectivity index (χ3n) is 3.32. The number of benzene rings is 1.